The second-order valence-corrected chi connectivity index (χ2v) is 4.97. The summed E-state index contributed by atoms with van der Waals surface area (Å²) in [6.45, 7) is 6.12. The van der Waals surface area contributed by atoms with Gasteiger partial charge in [0.1, 0.15) is 0 Å². The number of hydrogen-bond acceptors (Lipinski definition) is 1. The van der Waals surface area contributed by atoms with Crippen molar-refractivity contribution in [1.29, 1.82) is 0 Å². The molecule has 0 aliphatic rings. The Morgan fingerprint density at radius 2 is 1.86 bits per heavy atom. The van der Waals surface area contributed by atoms with Gasteiger partial charge in [0.15, 0.2) is 0 Å². The molecule has 76 valence electrons. The van der Waals surface area contributed by atoms with E-state index in [1.54, 1.807) is 18.2 Å². The van der Waals surface area contributed by atoms with Crippen LogP contribution in [-0.4, -0.2) is 5.24 Å². The summed E-state index contributed by atoms with van der Waals surface area (Å²) in [5.74, 6) is 0. The maximum atomic E-state index is 11.0. The second-order valence-electron chi connectivity index (χ2n) is 4.22. The van der Waals surface area contributed by atoms with Crippen LogP contribution in [-0.2, 0) is 5.41 Å². The molecule has 0 bridgehead atoms. The van der Waals surface area contributed by atoms with E-state index in [0.717, 1.165) is 5.56 Å². The largest absolute Gasteiger partial charge is 0.276 e. The summed E-state index contributed by atoms with van der Waals surface area (Å²) in [4.78, 5) is 11.0. The molecule has 0 aromatic heterocycles. The molecule has 1 rings (SSSR count). The number of carbonyl (C=O) groups excluding carboxylic acids is 1. The molecule has 0 radical (unpaired) electrons. The first-order chi connectivity index (χ1) is 6.32. The van der Waals surface area contributed by atoms with Gasteiger partial charge in [0.2, 0.25) is 0 Å². The molecule has 0 amide bonds. The third-order valence-corrected chi connectivity index (χ3v) is 2.55. The molecule has 0 saturated heterocycles. The Morgan fingerprint density at radius 1 is 1.29 bits per heavy atom. The zero-order valence-corrected chi connectivity index (χ0v) is 9.91. The van der Waals surface area contributed by atoms with Gasteiger partial charge in [0.25, 0.3) is 5.24 Å². The molecular formula is C11H12Cl2O. The number of rotatable bonds is 1. The van der Waals surface area contributed by atoms with E-state index in [-0.39, 0.29) is 5.41 Å². The molecule has 0 heterocycles. The Labute approximate surface area is 94.0 Å². The van der Waals surface area contributed by atoms with E-state index < -0.39 is 5.24 Å². The maximum absolute atomic E-state index is 11.0. The fraction of sp³-hybridized carbons (Fsp3) is 0.364. The molecule has 14 heavy (non-hydrogen) atoms. The first-order valence-corrected chi connectivity index (χ1v) is 5.08. The SMILES string of the molecule is CC(C)(C)c1cc(C(=O)Cl)ccc1Cl. The fourth-order valence-electron chi connectivity index (χ4n) is 1.22. The second kappa shape index (κ2) is 3.92. The lowest BCUT2D eigenvalue weighted by Gasteiger charge is -2.20. The molecule has 1 aromatic rings. The van der Waals surface area contributed by atoms with Gasteiger partial charge in [-0.15, -0.1) is 0 Å². The highest BCUT2D eigenvalue weighted by molar-refractivity contribution is 6.67. The molecule has 1 aromatic carbocycles. The smallest absolute Gasteiger partial charge is 0.252 e. The van der Waals surface area contributed by atoms with Crippen molar-refractivity contribution < 1.29 is 4.79 Å². The topological polar surface area (TPSA) is 17.1 Å². The van der Waals surface area contributed by atoms with Gasteiger partial charge < -0.3 is 0 Å². The van der Waals surface area contributed by atoms with Gasteiger partial charge in [0.05, 0.1) is 0 Å². The summed E-state index contributed by atoms with van der Waals surface area (Å²) in [6, 6.07) is 5.09. The predicted molar refractivity (Wildman–Crippen MR) is 60.3 cm³/mol. The van der Waals surface area contributed by atoms with Gasteiger partial charge in [0, 0.05) is 10.6 Å². The van der Waals surface area contributed by atoms with Gasteiger partial charge in [-0.25, -0.2) is 0 Å². The van der Waals surface area contributed by atoms with Crippen LogP contribution in [0, 0.1) is 0 Å². The summed E-state index contributed by atoms with van der Waals surface area (Å²) in [5.41, 5.74) is 1.34. The molecule has 0 aliphatic heterocycles. The lowest BCUT2D eigenvalue weighted by Crippen LogP contribution is -2.12. The van der Waals surface area contributed by atoms with E-state index in [9.17, 15) is 4.79 Å². The maximum Gasteiger partial charge on any atom is 0.252 e. The lowest BCUT2D eigenvalue weighted by atomic mass is 9.86. The van der Waals surface area contributed by atoms with Crippen molar-refractivity contribution in [3.63, 3.8) is 0 Å². The summed E-state index contributed by atoms with van der Waals surface area (Å²) in [7, 11) is 0. The molecule has 1 nitrogen and oxygen atoms in total. The van der Waals surface area contributed by atoms with Crippen LogP contribution in [0.5, 0.6) is 0 Å². The summed E-state index contributed by atoms with van der Waals surface area (Å²) >= 11 is 11.4. The number of hydrogen-bond donors (Lipinski definition) is 0. The number of halogens is 2. The predicted octanol–water partition coefficient (Wildman–Crippen LogP) is 4.02. The highest BCUT2D eigenvalue weighted by Gasteiger charge is 2.18. The van der Waals surface area contributed by atoms with Crippen molar-refractivity contribution in [2.24, 2.45) is 0 Å². The lowest BCUT2D eigenvalue weighted by molar-refractivity contribution is 0.108. The summed E-state index contributed by atoms with van der Waals surface area (Å²) in [5, 5.41) is 0.214. The minimum absolute atomic E-state index is 0.0839. The molecule has 0 spiro atoms. The molecule has 3 heteroatoms. The Kier molecular flexibility index (Phi) is 3.23. The van der Waals surface area contributed by atoms with Crippen molar-refractivity contribution >= 4 is 28.4 Å². The van der Waals surface area contributed by atoms with Gasteiger partial charge in [-0.3, -0.25) is 4.79 Å². The first kappa shape index (κ1) is 11.5. The monoisotopic (exact) mass is 230 g/mol. The van der Waals surface area contributed by atoms with E-state index in [4.69, 9.17) is 23.2 Å². The van der Waals surface area contributed by atoms with E-state index in [1.165, 1.54) is 0 Å². The molecular weight excluding hydrogens is 219 g/mol. The van der Waals surface area contributed by atoms with Gasteiger partial charge in [-0.2, -0.15) is 0 Å². The van der Waals surface area contributed by atoms with Crippen molar-refractivity contribution in [1.82, 2.24) is 0 Å². The van der Waals surface area contributed by atoms with Crippen LogP contribution in [0.1, 0.15) is 36.7 Å². The molecule has 0 fully saturated rings. The zero-order chi connectivity index (χ0) is 10.9. The third-order valence-electron chi connectivity index (χ3n) is 2.00. The zero-order valence-electron chi connectivity index (χ0n) is 8.40. The molecule has 0 atom stereocenters. The van der Waals surface area contributed by atoms with Crippen LogP contribution in [0.25, 0.3) is 0 Å². The quantitative estimate of drug-likeness (QED) is 0.667. The van der Waals surface area contributed by atoms with Crippen LogP contribution in [0.4, 0.5) is 0 Å². The summed E-state index contributed by atoms with van der Waals surface area (Å²) < 4.78 is 0. The van der Waals surface area contributed by atoms with Gasteiger partial charge >= 0.3 is 0 Å². The Bertz CT molecular complexity index is 364. The number of carbonyl (C=O) groups is 1. The van der Waals surface area contributed by atoms with E-state index in [1.807, 2.05) is 20.8 Å². The van der Waals surface area contributed by atoms with Crippen LogP contribution < -0.4 is 0 Å². The van der Waals surface area contributed by atoms with E-state index in [0.29, 0.717) is 10.6 Å². The average molecular weight is 231 g/mol. The van der Waals surface area contributed by atoms with Crippen molar-refractivity contribution in [3.8, 4) is 0 Å². The fourth-order valence-corrected chi connectivity index (χ4v) is 1.74. The van der Waals surface area contributed by atoms with Crippen molar-refractivity contribution in [2.45, 2.75) is 26.2 Å². The number of benzene rings is 1. The average Bonchev–Trinajstić information content (AvgIpc) is 2.02. The highest BCUT2D eigenvalue weighted by atomic mass is 35.5. The Morgan fingerprint density at radius 3 is 2.29 bits per heavy atom. The van der Waals surface area contributed by atoms with Gasteiger partial charge in [-0.05, 0) is 40.8 Å². The van der Waals surface area contributed by atoms with Crippen LogP contribution in [0.2, 0.25) is 5.02 Å². The van der Waals surface area contributed by atoms with Crippen molar-refractivity contribution in [2.75, 3.05) is 0 Å². The molecule has 0 aliphatic carbocycles. The molecule has 0 unspecified atom stereocenters. The first-order valence-electron chi connectivity index (χ1n) is 4.32. The normalized spacial score (nSPS) is 11.5. The van der Waals surface area contributed by atoms with E-state index >= 15 is 0 Å². The van der Waals surface area contributed by atoms with Crippen molar-refractivity contribution in [3.05, 3.63) is 34.3 Å². The Hall–Kier alpha value is -0.530. The minimum atomic E-state index is -0.452. The van der Waals surface area contributed by atoms with Crippen LogP contribution >= 0.6 is 23.2 Å². The summed E-state index contributed by atoms with van der Waals surface area (Å²) in [6.07, 6.45) is 0. The Balaban J connectivity index is 3.29. The minimum Gasteiger partial charge on any atom is -0.276 e. The standard InChI is InChI=1S/C11H12Cl2O/c1-11(2,3)8-6-7(10(13)14)4-5-9(8)12/h4-6H,1-3H3. The molecule has 0 saturated carbocycles. The van der Waals surface area contributed by atoms with Gasteiger partial charge in [-0.1, -0.05) is 32.4 Å². The third kappa shape index (κ3) is 2.49. The van der Waals surface area contributed by atoms with E-state index in [2.05, 4.69) is 0 Å². The highest BCUT2D eigenvalue weighted by Crippen LogP contribution is 2.30. The van der Waals surface area contributed by atoms with Crippen LogP contribution in [0.15, 0.2) is 18.2 Å². The molecule has 0 N–H and O–H groups in total. The van der Waals surface area contributed by atoms with Crippen LogP contribution in [0.3, 0.4) is 0 Å².